The molecule has 4 rings (SSSR count). The van der Waals surface area contributed by atoms with Gasteiger partial charge >= 0.3 is 0 Å². The van der Waals surface area contributed by atoms with Crippen LogP contribution >= 0.6 is 0 Å². The fourth-order valence-electron chi connectivity index (χ4n) is 4.31. The number of ether oxygens (including phenoxy) is 1. The van der Waals surface area contributed by atoms with Crippen LogP contribution in [0, 0.1) is 5.92 Å². The van der Waals surface area contributed by atoms with Crippen molar-refractivity contribution < 1.29 is 14.6 Å². The van der Waals surface area contributed by atoms with E-state index in [1.54, 1.807) is 12.5 Å². The molecule has 1 saturated carbocycles. The Morgan fingerprint density at radius 3 is 2.93 bits per heavy atom. The van der Waals surface area contributed by atoms with E-state index >= 15 is 0 Å². The first kappa shape index (κ1) is 18.0. The molecule has 0 aliphatic heterocycles. The maximum atomic E-state index is 12.3. The van der Waals surface area contributed by atoms with Gasteiger partial charge in [0.25, 0.3) is 5.91 Å². The number of rotatable bonds is 6. The van der Waals surface area contributed by atoms with Gasteiger partial charge in [-0.15, -0.1) is 0 Å². The van der Waals surface area contributed by atoms with Gasteiger partial charge in [-0.05, 0) is 67.7 Å². The molecular weight excluding hydrogens is 342 g/mol. The lowest BCUT2D eigenvalue weighted by molar-refractivity contribution is -0.124. The van der Waals surface area contributed by atoms with E-state index in [0.717, 1.165) is 31.6 Å². The van der Waals surface area contributed by atoms with Crippen molar-refractivity contribution >= 4 is 5.91 Å². The maximum absolute atomic E-state index is 12.3. The highest BCUT2D eigenvalue weighted by molar-refractivity contribution is 5.78. The van der Waals surface area contributed by atoms with Gasteiger partial charge in [-0.3, -0.25) is 4.79 Å². The molecule has 2 aliphatic rings. The van der Waals surface area contributed by atoms with Gasteiger partial charge in [-0.25, -0.2) is 4.98 Å². The highest BCUT2D eigenvalue weighted by atomic mass is 16.5. The number of imidazole rings is 1. The van der Waals surface area contributed by atoms with Crippen LogP contribution in [0.2, 0.25) is 0 Å². The minimum atomic E-state index is -0.508. The van der Waals surface area contributed by atoms with Gasteiger partial charge < -0.3 is 19.7 Å². The number of amides is 1. The predicted octanol–water partition coefficient (Wildman–Crippen LogP) is 2.10. The molecule has 3 atom stereocenters. The van der Waals surface area contributed by atoms with Crippen LogP contribution in [0.1, 0.15) is 36.8 Å². The molecule has 6 nitrogen and oxygen atoms in total. The highest BCUT2D eigenvalue weighted by Crippen LogP contribution is 2.28. The van der Waals surface area contributed by atoms with Crippen molar-refractivity contribution in [3.8, 4) is 5.75 Å². The average Bonchev–Trinajstić information content (AvgIpc) is 3.30. The molecule has 0 spiro atoms. The molecule has 0 saturated heterocycles. The SMILES string of the molecule is O=C(COc1ccc2c(c1)CCCC2)N[C@@H]1CC(Cn2ccnc2)C[C@H]1O. The van der Waals surface area contributed by atoms with Gasteiger partial charge in [0.05, 0.1) is 18.5 Å². The van der Waals surface area contributed by atoms with Crippen LogP contribution in [0.4, 0.5) is 0 Å². The third kappa shape index (κ3) is 4.50. The van der Waals surface area contributed by atoms with Gasteiger partial charge in [0.2, 0.25) is 0 Å². The number of fused-ring (bicyclic) bond motifs is 1. The summed E-state index contributed by atoms with van der Waals surface area (Å²) < 4.78 is 7.70. The highest BCUT2D eigenvalue weighted by Gasteiger charge is 2.34. The molecule has 144 valence electrons. The van der Waals surface area contributed by atoms with Gasteiger partial charge in [0.15, 0.2) is 6.61 Å². The van der Waals surface area contributed by atoms with Crippen LogP contribution in [-0.4, -0.2) is 39.3 Å². The first-order valence-corrected chi connectivity index (χ1v) is 9.85. The Morgan fingerprint density at radius 1 is 1.26 bits per heavy atom. The third-order valence-corrected chi connectivity index (χ3v) is 5.69. The van der Waals surface area contributed by atoms with Crippen molar-refractivity contribution in [3.63, 3.8) is 0 Å². The summed E-state index contributed by atoms with van der Waals surface area (Å²) in [5, 5.41) is 13.2. The fourth-order valence-corrected chi connectivity index (χ4v) is 4.31. The topological polar surface area (TPSA) is 76.4 Å². The van der Waals surface area contributed by atoms with E-state index in [1.165, 1.54) is 24.0 Å². The zero-order valence-electron chi connectivity index (χ0n) is 15.5. The Hall–Kier alpha value is -2.34. The van der Waals surface area contributed by atoms with E-state index in [9.17, 15) is 9.90 Å². The van der Waals surface area contributed by atoms with Crippen LogP contribution < -0.4 is 10.1 Å². The molecule has 2 aliphatic carbocycles. The maximum Gasteiger partial charge on any atom is 0.258 e. The van der Waals surface area contributed by atoms with Crippen molar-refractivity contribution in [2.45, 2.75) is 57.2 Å². The quantitative estimate of drug-likeness (QED) is 0.818. The lowest BCUT2D eigenvalue weighted by atomic mass is 9.92. The zero-order chi connectivity index (χ0) is 18.6. The summed E-state index contributed by atoms with van der Waals surface area (Å²) in [6.45, 7) is 0.795. The monoisotopic (exact) mass is 369 g/mol. The van der Waals surface area contributed by atoms with Crippen LogP contribution in [0.25, 0.3) is 0 Å². The number of aliphatic hydroxyl groups excluding tert-OH is 1. The zero-order valence-corrected chi connectivity index (χ0v) is 15.5. The Balaban J connectivity index is 1.25. The summed E-state index contributed by atoms with van der Waals surface area (Å²) >= 11 is 0. The normalized spacial score (nSPS) is 24.4. The second-order valence-corrected chi connectivity index (χ2v) is 7.76. The van der Waals surface area contributed by atoms with E-state index in [1.807, 2.05) is 16.8 Å². The molecule has 1 aromatic carbocycles. The smallest absolute Gasteiger partial charge is 0.258 e. The number of nitrogens with one attached hydrogen (secondary N) is 1. The molecule has 2 aromatic rings. The second-order valence-electron chi connectivity index (χ2n) is 7.76. The molecule has 1 amide bonds. The Bertz CT molecular complexity index is 775. The molecule has 1 heterocycles. The summed E-state index contributed by atoms with van der Waals surface area (Å²) in [6, 6.07) is 5.91. The van der Waals surface area contributed by atoms with E-state index in [-0.39, 0.29) is 18.6 Å². The Morgan fingerprint density at radius 2 is 2.11 bits per heavy atom. The van der Waals surface area contributed by atoms with Crippen LogP contribution in [-0.2, 0) is 24.2 Å². The summed E-state index contributed by atoms with van der Waals surface area (Å²) in [7, 11) is 0. The number of benzene rings is 1. The summed E-state index contributed by atoms with van der Waals surface area (Å²) in [4.78, 5) is 16.3. The summed E-state index contributed by atoms with van der Waals surface area (Å²) in [5.41, 5.74) is 2.74. The molecule has 6 heteroatoms. The lowest BCUT2D eigenvalue weighted by Crippen LogP contribution is -2.42. The molecule has 0 radical (unpaired) electrons. The Kier molecular flexibility index (Phi) is 5.43. The molecule has 0 bridgehead atoms. The van der Waals surface area contributed by atoms with Crippen LogP contribution in [0.5, 0.6) is 5.75 Å². The van der Waals surface area contributed by atoms with Gasteiger partial charge in [-0.2, -0.15) is 0 Å². The fraction of sp³-hybridized carbons (Fsp3) is 0.524. The Labute approximate surface area is 159 Å². The van der Waals surface area contributed by atoms with Crippen molar-refractivity contribution in [2.24, 2.45) is 5.92 Å². The number of nitrogens with zero attached hydrogens (tertiary/aromatic N) is 2. The van der Waals surface area contributed by atoms with Gasteiger partial charge in [0, 0.05) is 18.9 Å². The number of hydrogen-bond donors (Lipinski definition) is 2. The molecule has 1 unspecified atom stereocenters. The van der Waals surface area contributed by atoms with Crippen molar-refractivity contribution in [1.29, 1.82) is 0 Å². The minimum Gasteiger partial charge on any atom is -0.484 e. The largest absolute Gasteiger partial charge is 0.484 e. The first-order valence-electron chi connectivity index (χ1n) is 9.85. The third-order valence-electron chi connectivity index (χ3n) is 5.69. The number of carbonyl (C=O) groups excluding carboxylic acids is 1. The number of aliphatic hydroxyl groups is 1. The number of carbonyl (C=O) groups is 1. The van der Waals surface area contributed by atoms with E-state index < -0.39 is 6.10 Å². The summed E-state index contributed by atoms with van der Waals surface area (Å²) in [6.07, 6.45) is 11.1. The van der Waals surface area contributed by atoms with Crippen molar-refractivity contribution in [1.82, 2.24) is 14.9 Å². The van der Waals surface area contributed by atoms with Gasteiger partial charge in [-0.1, -0.05) is 6.07 Å². The standard InChI is InChI=1S/C21H27N3O3/c25-20-10-15(12-24-8-7-22-14-24)9-19(20)23-21(26)13-27-18-6-5-16-3-1-2-4-17(16)11-18/h5-8,11,14-15,19-20,25H,1-4,9-10,12-13H2,(H,23,26)/t15?,19-,20-/m1/s1. The molecule has 27 heavy (non-hydrogen) atoms. The number of aromatic nitrogens is 2. The molecule has 1 fully saturated rings. The predicted molar refractivity (Wildman–Crippen MR) is 101 cm³/mol. The lowest BCUT2D eigenvalue weighted by Gasteiger charge is -2.18. The van der Waals surface area contributed by atoms with Gasteiger partial charge in [0.1, 0.15) is 5.75 Å². The van der Waals surface area contributed by atoms with E-state index in [4.69, 9.17) is 4.74 Å². The number of hydrogen-bond acceptors (Lipinski definition) is 4. The minimum absolute atomic E-state index is 0.0196. The van der Waals surface area contributed by atoms with Crippen molar-refractivity contribution in [3.05, 3.63) is 48.0 Å². The molecule has 1 aromatic heterocycles. The van der Waals surface area contributed by atoms with Crippen LogP contribution in [0.3, 0.4) is 0 Å². The average molecular weight is 369 g/mol. The van der Waals surface area contributed by atoms with E-state index in [2.05, 4.69) is 22.4 Å². The number of aryl methyl sites for hydroxylation is 2. The first-order chi connectivity index (χ1) is 13.2. The van der Waals surface area contributed by atoms with Crippen molar-refractivity contribution in [2.75, 3.05) is 6.61 Å². The second kappa shape index (κ2) is 8.13. The molecule has 2 N–H and O–H groups in total. The van der Waals surface area contributed by atoms with Crippen LogP contribution in [0.15, 0.2) is 36.9 Å². The molecular formula is C21H27N3O3. The van der Waals surface area contributed by atoms with E-state index in [0.29, 0.717) is 12.3 Å². The summed E-state index contributed by atoms with van der Waals surface area (Å²) in [5.74, 6) is 0.900.